The topological polar surface area (TPSA) is 20.2 Å². The fraction of sp³-hybridized carbons (Fsp3) is 0.0182. The number of hydrogen-bond donors (Lipinski definition) is 1. The van der Waals surface area contributed by atoms with E-state index in [1.54, 1.807) is 0 Å². The SMILES string of the molecule is C1=c2ccccc2=C(c2ccc(N3c4ccccc4-c4c(n(-c5ccc6ccc(-c7ccccc7)cc6c5)c5ccccc45)-c4ccccc43)c3ccccc23)NC1. The number of anilines is 3. The standard InChI is InChI=1S/C55H37N3/c1-2-14-36(15-3-1)39-27-26-37-28-29-41(35-40(37)34-39)57-49-23-11-8-20-46(49)53-47-21-9-12-24-50(47)58(51-25-13-10-22-48(51)55(53)57)52-31-30-45(43-18-6-7-19-44(43)52)54-42-17-5-4-16-38(42)32-33-56-54/h1-32,34-35,56H,33H2. The minimum Gasteiger partial charge on any atom is -0.381 e. The van der Waals surface area contributed by atoms with Crippen LogP contribution in [0.2, 0.25) is 0 Å². The molecule has 0 amide bonds. The van der Waals surface area contributed by atoms with E-state index < -0.39 is 0 Å². The maximum Gasteiger partial charge on any atom is 0.0641 e. The number of benzene rings is 9. The number of hydrogen-bond acceptors (Lipinski definition) is 2. The molecule has 1 aromatic heterocycles. The molecule has 0 unspecified atom stereocenters. The monoisotopic (exact) mass is 739 g/mol. The molecule has 0 aliphatic carbocycles. The molecule has 0 radical (unpaired) electrons. The van der Waals surface area contributed by atoms with Gasteiger partial charge in [-0.3, -0.25) is 0 Å². The summed E-state index contributed by atoms with van der Waals surface area (Å²) in [6, 6.07) is 73.5. The van der Waals surface area contributed by atoms with Crippen LogP contribution in [0.5, 0.6) is 0 Å². The summed E-state index contributed by atoms with van der Waals surface area (Å²) in [6.07, 6.45) is 2.27. The van der Waals surface area contributed by atoms with E-state index >= 15 is 0 Å². The number of nitrogens with one attached hydrogen (secondary N) is 1. The Hall–Kier alpha value is -7.62. The Morgan fingerprint density at radius 2 is 1.12 bits per heavy atom. The molecule has 3 heteroatoms. The normalized spacial score (nSPS) is 13.0. The summed E-state index contributed by atoms with van der Waals surface area (Å²) in [5.74, 6) is 0. The first-order valence-electron chi connectivity index (χ1n) is 20.1. The van der Waals surface area contributed by atoms with Crippen LogP contribution in [0.1, 0.15) is 5.56 Å². The molecule has 272 valence electrons. The summed E-state index contributed by atoms with van der Waals surface area (Å²) in [4.78, 5) is 2.50. The van der Waals surface area contributed by atoms with E-state index in [1.807, 2.05) is 0 Å². The van der Waals surface area contributed by atoms with Crippen molar-refractivity contribution in [2.24, 2.45) is 0 Å². The van der Waals surface area contributed by atoms with Crippen molar-refractivity contribution in [3.8, 4) is 39.2 Å². The average molecular weight is 740 g/mol. The molecular formula is C55H37N3. The van der Waals surface area contributed by atoms with Crippen LogP contribution in [0.3, 0.4) is 0 Å². The second-order valence-corrected chi connectivity index (χ2v) is 15.3. The van der Waals surface area contributed by atoms with Crippen molar-refractivity contribution in [2.45, 2.75) is 0 Å². The molecular weight excluding hydrogens is 703 g/mol. The zero-order valence-electron chi connectivity index (χ0n) is 31.7. The van der Waals surface area contributed by atoms with Crippen LogP contribution in [-0.4, -0.2) is 11.1 Å². The van der Waals surface area contributed by atoms with Crippen molar-refractivity contribution in [2.75, 3.05) is 11.4 Å². The minimum absolute atomic E-state index is 0.801. The van der Waals surface area contributed by atoms with Gasteiger partial charge in [-0.1, -0.05) is 164 Å². The van der Waals surface area contributed by atoms with Crippen LogP contribution in [-0.2, 0) is 0 Å². The van der Waals surface area contributed by atoms with E-state index in [0.29, 0.717) is 0 Å². The Kier molecular flexibility index (Phi) is 7.29. The summed E-state index contributed by atoms with van der Waals surface area (Å²) in [5, 5.41) is 12.3. The fourth-order valence-corrected chi connectivity index (χ4v) is 9.55. The van der Waals surface area contributed by atoms with Gasteiger partial charge < -0.3 is 14.8 Å². The second kappa shape index (κ2) is 13.0. The van der Waals surface area contributed by atoms with Crippen LogP contribution in [0.15, 0.2) is 200 Å². The highest BCUT2D eigenvalue weighted by Gasteiger charge is 2.32. The lowest BCUT2D eigenvalue weighted by atomic mass is 9.96. The Bertz CT molecular complexity index is 3410. The molecule has 0 bridgehead atoms. The number of aromatic nitrogens is 1. The van der Waals surface area contributed by atoms with Crippen molar-refractivity contribution < 1.29 is 0 Å². The van der Waals surface area contributed by atoms with Crippen LogP contribution in [0.4, 0.5) is 17.1 Å². The van der Waals surface area contributed by atoms with Gasteiger partial charge in [0, 0.05) is 50.5 Å². The molecule has 58 heavy (non-hydrogen) atoms. The number of para-hydroxylation sites is 3. The predicted octanol–water partition coefficient (Wildman–Crippen LogP) is 12.3. The molecule has 0 atom stereocenters. The molecule has 0 fully saturated rings. The van der Waals surface area contributed by atoms with Gasteiger partial charge in [-0.25, -0.2) is 0 Å². The Labute approximate surface area is 336 Å². The number of fused-ring (bicyclic) bond motifs is 10. The largest absolute Gasteiger partial charge is 0.381 e. The van der Waals surface area contributed by atoms with Gasteiger partial charge in [-0.15, -0.1) is 0 Å². The van der Waals surface area contributed by atoms with E-state index in [-0.39, 0.29) is 0 Å². The molecule has 12 rings (SSSR count). The van der Waals surface area contributed by atoms with Crippen LogP contribution < -0.4 is 20.7 Å². The van der Waals surface area contributed by atoms with Crippen LogP contribution in [0, 0.1) is 0 Å². The Morgan fingerprint density at radius 1 is 0.431 bits per heavy atom. The second-order valence-electron chi connectivity index (χ2n) is 15.3. The lowest BCUT2D eigenvalue weighted by molar-refractivity contribution is 1.01. The third-order valence-corrected chi connectivity index (χ3v) is 12.1. The summed E-state index contributed by atoms with van der Waals surface area (Å²) in [7, 11) is 0. The molecule has 9 aromatic carbocycles. The van der Waals surface area contributed by atoms with Gasteiger partial charge in [0.25, 0.3) is 0 Å². The number of rotatable bonds is 4. The van der Waals surface area contributed by atoms with Gasteiger partial charge in [0.1, 0.15) is 0 Å². The first kappa shape index (κ1) is 32.6. The fourth-order valence-electron chi connectivity index (χ4n) is 9.55. The van der Waals surface area contributed by atoms with E-state index in [2.05, 4.69) is 221 Å². The predicted molar refractivity (Wildman–Crippen MR) is 244 cm³/mol. The summed E-state index contributed by atoms with van der Waals surface area (Å²) < 4.78 is 2.50. The Morgan fingerprint density at radius 3 is 2.00 bits per heavy atom. The average Bonchev–Trinajstić information content (AvgIpc) is 3.58. The highest BCUT2D eigenvalue weighted by molar-refractivity contribution is 6.15. The smallest absolute Gasteiger partial charge is 0.0641 e. The summed E-state index contributed by atoms with van der Waals surface area (Å²) >= 11 is 0. The number of nitrogens with zero attached hydrogens (tertiary/aromatic N) is 2. The first-order valence-corrected chi connectivity index (χ1v) is 20.1. The van der Waals surface area contributed by atoms with E-state index in [9.17, 15) is 0 Å². The van der Waals surface area contributed by atoms with E-state index in [0.717, 1.165) is 29.3 Å². The third-order valence-electron chi connectivity index (χ3n) is 12.1. The van der Waals surface area contributed by atoms with Crippen LogP contribution >= 0.6 is 0 Å². The van der Waals surface area contributed by atoms with Crippen LogP contribution in [0.25, 0.3) is 83.4 Å². The molecule has 0 saturated heterocycles. The van der Waals surface area contributed by atoms with Gasteiger partial charge >= 0.3 is 0 Å². The molecule has 2 aliphatic rings. The van der Waals surface area contributed by atoms with E-state index in [4.69, 9.17) is 0 Å². The molecule has 0 saturated carbocycles. The minimum atomic E-state index is 0.801. The summed E-state index contributed by atoms with van der Waals surface area (Å²) in [6.45, 7) is 0.801. The van der Waals surface area contributed by atoms with E-state index in [1.165, 1.54) is 87.7 Å². The molecule has 10 aromatic rings. The lowest BCUT2D eigenvalue weighted by Crippen LogP contribution is -2.37. The van der Waals surface area contributed by atoms with Crippen molar-refractivity contribution >= 4 is 61.3 Å². The van der Waals surface area contributed by atoms with Gasteiger partial charge in [0.2, 0.25) is 0 Å². The lowest BCUT2D eigenvalue weighted by Gasteiger charge is -2.29. The Balaban J connectivity index is 1.12. The highest BCUT2D eigenvalue weighted by atomic mass is 15.2. The van der Waals surface area contributed by atoms with Crippen molar-refractivity contribution in [3.05, 3.63) is 216 Å². The van der Waals surface area contributed by atoms with Crippen molar-refractivity contribution in [1.29, 1.82) is 0 Å². The van der Waals surface area contributed by atoms with Gasteiger partial charge in [-0.2, -0.15) is 0 Å². The quantitative estimate of drug-likeness (QED) is 0.194. The van der Waals surface area contributed by atoms with Crippen molar-refractivity contribution in [1.82, 2.24) is 9.88 Å². The maximum atomic E-state index is 3.74. The maximum absolute atomic E-state index is 3.74. The zero-order chi connectivity index (χ0) is 38.2. The molecule has 3 nitrogen and oxygen atoms in total. The van der Waals surface area contributed by atoms with Gasteiger partial charge in [0.15, 0.2) is 0 Å². The first-order chi connectivity index (χ1) is 28.8. The highest BCUT2D eigenvalue weighted by Crippen LogP contribution is 2.55. The van der Waals surface area contributed by atoms with Gasteiger partial charge in [-0.05, 0) is 75.0 Å². The third kappa shape index (κ3) is 4.93. The molecule has 1 N–H and O–H groups in total. The molecule has 3 heterocycles. The molecule has 0 spiro atoms. The molecule has 2 aliphatic heterocycles. The van der Waals surface area contributed by atoms with Gasteiger partial charge in [0.05, 0.1) is 34.0 Å². The zero-order valence-corrected chi connectivity index (χ0v) is 31.7. The van der Waals surface area contributed by atoms with Crippen molar-refractivity contribution in [3.63, 3.8) is 0 Å². The summed E-state index contributed by atoms with van der Waals surface area (Å²) in [5.41, 5.74) is 15.4.